The number of rotatable bonds is 8. The highest BCUT2D eigenvalue weighted by molar-refractivity contribution is 5.91. The van der Waals surface area contributed by atoms with Gasteiger partial charge in [0.25, 0.3) is 5.91 Å². The maximum atomic E-state index is 13.7. The molecule has 1 aliphatic heterocycles. The van der Waals surface area contributed by atoms with Crippen molar-refractivity contribution < 1.29 is 27.6 Å². The lowest BCUT2D eigenvalue weighted by atomic mass is 9.87. The number of ether oxygens (including phenoxy) is 1. The molecule has 1 aliphatic rings. The molecule has 3 heterocycles. The van der Waals surface area contributed by atoms with E-state index in [0.717, 1.165) is 23.1 Å². The van der Waals surface area contributed by atoms with Gasteiger partial charge < -0.3 is 23.4 Å². The molecule has 0 N–H and O–H groups in total. The summed E-state index contributed by atoms with van der Waals surface area (Å²) in [6.07, 6.45) is 2.29. The van der Waals surface area contributed by atoms with Gasteiger partial charge in [-0.1, -0.05) is 32.0 Å². The third-order valence-electron chi connectivity index (χ3n) is 6.88. The number of hydrogen-bond donors (Lipinski definition) is 0. The first kappa shape index (κ1) is 26.3. The Labute approximate surface area is 226 Å². The third kappa shape index (κ3) is 5.74. The molecule has 0 bridgehead atoms. The molecule has 2 aromatic heterocycles. The van der Waals surface area contributed by atoms with Crippen molar-refractivity contribution in [3.8, 4) is 5.75 Å². The van der Waals surface area contributed by atoms with Gasteiger partial charge in [0.1, 0.15) is 29.7 Å². The summed E-state index contributed by atoms with van der Waals surface area (Å²) in [5.41, 5.74) is 2.92. The average Bonchev–Trinajstić information content (AvgIpc) is 3.63. The zero-order valence-corrected chi connectivity index (χ0v) is 22.2. The van der Waals surface area contributed by atoms with Crippen LogP contribution in [-0.4, -0.2) is 35.2 Å². The van der Waals surface area contributed by atoms with Crippen molar-refractivity contribution in [2.45, 2.75) is 39.5 Å². The van der Waals surface area contributed by atoms with Crippen LogP contribution in [0, 0.1) is 11.7 Å². The van der Waals surface area contributed by atoms with Crippen LogP contribution in [0.25, 0.3) is 0 Å². The molecule has 0 unspecified atom stereocenters. The second kappa shape index (κ2) is 11.2. The molecule has 39 heavy (non-hydrogen) atoms. The van der Waals surface area contributed by atoms with E-state index in [1.54, 1.807) is 43.6 Å². The minimum Gasteiger partial charge on any atom is -0.486 e. The van der Waals surface area contributed by atoms with Crippen molar-refractivity contribution in [1.82, 2.24) is 9.80 Å². The van der Waals surface area contributed by atoms with Gasteiger partial charge in [-0.2, -0.15) is 0 Å². The number of amides is 2. The second-order valence-electron chi connectivity index (χ2n) is 10.0. The fraction of sp³-hybridized carbons (Fsp3) is 0.290. The van der Waals surface area contributed by atoms with Gasteiger partial charge in [-0.05, 0) is 71.6 Å². The summed E-state index contributed by atoms with van der Waals surface area (Å²) in [4.78, 5) is 29.2. The minimum absolute atomic E-state index is 0.0473. The van der Waals surface area contributed by atoms with Crippen molar-refractivity contribution >= 4 is 11.8 Å². The Hall–Kier alpha value is -4.33. The van der Waals surface area contributed by atoms with Gasteiger partial charge in [-0.25, -0.2) is 4.39 Å². The van der Waals surface area contributed by atoms with Gasteiger partial charge in [0.05, 0.1) is 18.8 Å². The number of hydrogen-bond acceptors (Lipinski definition) is 5. The van der Waals surface area contributed by atoms with E-state index in [1.165, 1.54) is 17.0 Å². The lowest BCUT2D eigenvalue weighted by Crippen LogP contribution is -2.42. The molecular weight excluding hydrogens is 499 g/mol. The summed E-state index contributed by atoms with van der Waals surface area (Å²) >= 11 is 0. The smallest absolute Gasteiger partial charge is 0.289 e. The topological polar surface area (TPSA) is 76.1 Å². The van der Waals surface area contributed by atoms with Gasteiger partial charge in [-0.15, -0.1) is 0 Å². The van der Waals surface area contributed by atoms with Crippen molar-refractivity contribution in [3.63, 3.8) is 0 Å². The van der Waals surface area contributed by atoms with E-state index in [1.807, 2.05) is 43.0 Å². The summed E-state index contributed by atoms with van der Waals surface area (Å²) < 4.78 is 30.8. The van der Waals surface area contributed by atoms with E-state index < -0.39 is 0 Å². The molecule has 0 spiro atoms. The van der Waals surface area contributed by atoms with E-state index in [0.29, 0.717) is 30.4 Å². The third-order valence-corrected chi connectivity index (χ3v) is 6.88. The molecule has 0 saturated heterocycles. The number of benzene rings is 2. The minimum atomic E-state index is -0.342. The maximum Gasteiger partial charge on any atom is 0.289 e. The molecule has 2 amide bonds. The van der Waals surface area contributed by atoms with E-state index >= 15 is 0 Å². The molecule has 0 saturated carbocycles. The standard InChI is InChI=1S/C31H31FN2O5/c1-20(2)30(35)34-15-14-21-8-11-24(17-27(21)29(34)22-6-9-23(32)10-7-22)38-19-26-12-13-28(39-26)31(36)33(3)18-25-5-4-16-37-25/h4-13,16-17,20,29H,14-15,18-19H2,1-3H3/t29-/m0/s1. The zero-order chi connectivity index (χ0) is 27.5. The molecule has 1 atom stereocenters. The number of carbonyl (C=O) groups is 2. The summed E-state index contributed by atoms with van der Waals surface area (Å²) in [5.74, 6) is 1.32. The first-order valence-electron chi connectivity index (χ1n) is 13.0. The predicted octanol–water partition coefficient (Wildman–Crippen LogP) is 5.99. The lowest BCUT2D eigenvalue weighted by Gasteiger charge is -2.39. The van der Waals surface area contributed by atoms with E-state index in [4.69, 9.17) is 13.6 Å². The Morgan fingerprint density at radius 1 is 1.08 bits per heavy atom. The van der Waals surface area contributed by atoms with Crippen LogP contribution in [0.4, 0.5) is 4.39 Å². The Bertz CT molecular complexity index is 1440. The monoisotopic (exact) mass is 530 g/mol. The van der Waals surface area contributed by atoms with Gasteiger partial charge in [-0.3, -0.25) is 9.59 Å². The average molecular weight is 531 g/mol. The predicted molar refractivity (Wildman–Crippen MR) is 142 cm³/mol. The number of halogens is 1. The van der Waals surface area contributed by atoms with Crippen molar-refractivity contribution in [2.24, 2.45) is 5.92 Å². The molecule has 4 aromatic rings. The molecule has 8 heteroatoms. The zero-order valence-electron chi connectivity index (χ0n) is 22.2. The fourth-order valence-corrected chi connectivity index (χ4v) is 4.88. The highest BCUT2D eigenvalue weighted by atomic mass is 19.1. The number of fused-ring (bicyclic) bond motifs is 1. The Morgan fingerprint density at radius 2 is 1.87 bits per heavy atom. The highest BCUT2D eigenvalue weighted by Crippen LogP contribution is 2.38. The van der Waals surface area contributed by atoms with E-state index in [9.17, 15) is 14.0 Å². The van der Waals surface area contributed by atoms with Gasteiger partial charge in [0, 0.05) is 19.5 Å². The van der Waals surface area contributed by atoms with Crippen LogP contribution in [0.2, 0.25) is 0 Å². The highest BCUT2D eigenvalue weighted by Gasteiger charge is 2.33. The first-order chi connectivity index (χ1) is 18.8. The Kier molecular flexibility index (Phi) is 7.54. The molecule has 202 valence electrons. The van der Waals surface area contributed by atoms with Crippen LogP contribution in [-0.2, 0) is 24.4 Å². The molecule has 0 radical (unpaired) electrons. The van der Waals surface area contributed by atoms with E-state index in [2.05, 4.69) is 0 Å². The van der Waals surface area contributed by atoms with Crippen molar-refractivity contribution in [2.75, 3.05) is 13.6 Å². The fourth-order valence-electron chi connectivity index (χ4n) is 4.88. The van der Waals surface area contributed by atoms with Crippen LogP contribution in [0.1, 0.15) is 58.7 Å². The maximum absolute atomic E-state index is 13.7. The molecule has 0 aliphatic carbocycles. The Morgan fingerprint density at radius 3 is 2.59 bits per heavy atom. The van der Waals surface area contributed by atoms with Crippen LogP contribution in [0.3, 0.4) is 0 Å². The SMILES string of the molecule is CC(C)C(=O)N1CCc2ccc(OCc3ccc(C(=O)N(C)Cc4ccco4)o3)cc2[C@@H]1c1ccc(F)cc1. The number of furan rings is 2. The van der Waals surface area contributed by atoms with Crippen LogP contribution in [0.5, 0.6) is 5.75 Å². The molecule has 0 fully saturated rings. The summed E-state index contributed by atoms with van der Waals surface area (Å²) in [6, 6.07) is 18.7. The van der Waals surface area contributed by atoms with Gasteiger partial charge >= 0.3 is 0 Å². The van der Waals surface area contributed by atoms with E-state index in [-0.39, 0.29) is 42.0 Å². The largest absolute Gasteiger partial charge is 0.486 e. The van der Waals surface area contributed by atoms with Crippen LogP contribution in [0.15, 0.2) is 81.8 Å². The summed E-state index contributed by atoms with van der Waals surface area (Å²) in [6.45, 7) is 4.82. The normalized spacial score (nSPS) is 14.8. The number of carbonyl (C=O) groups excluding carboxylic acids is 2. The number of nitrogens with zero attached hydrogens (tertiary/aromatic N) is 2. The van der Waals surface area contributed by atoms with Gasteiger partial charge in [0.2, 0.25) is 5.91 Å². The molecule has 5 rings (SSSR count). The quantitative estimate of drug-likeness (QED) is 0.280. The lowest BCUT2D eigenvalue weighted by molar-refractivity contribution is -0.136. The molecular formula is C31H31FN2O5. The van der Waals surface area contributed by atoms with Crippen molar-refractivity contribution in [1.29, 1.82) is 0 Å². The molecule has 7 nitrogen and oxygen atoms in total. The van der Waals surface area contributed by atoms with Gasteiger partial charge in [0.15, 0.2) is 5.76 Å². The molecule has 2 aromatic carbocycles. The Balaban J connectivity index is 1.33. The second-order valence-corrected chi connectivity index (χ2v) is 10.0. The van der Waals surface area contributed by atoms with Crippen LogP contribution >= 0.6 is 0 Å². The van der Waals surface area contributed by atoms with Crippen LogP contribution < -0.4 is 4.74 Å². The summed E-state index contributed by atoms with van der Waals surface area (Å²) in [5, 5.41) is 0. The van der Waals surface area contributed by atoms with Crippen molar-refractivity contribution in [3.05, 3.63) is 113 Å². The first-order valence-corrected chi connectivity index (χ1v) is 13.0. The summed E-state index contributed by atoms with van der Waals surface area (Å²) in [7, 11) is 1.68.